The Morgan fingerprint density at radius 2 is 2.17 bits per heavy atom. The Morgan fingerprint density at radius 3 is 2.83 bits per heavy atom. The zero-order chi connectivity index (χ0) is 16.2. The summed E-state index contributed by atoms with van der Waals surface area (Å²) >= 11 is 0. The fraction of sp³-hybridized carbons (Fsp3) is 0.412. The highest BCUT2D eigenvalue weighted by atomic mass is 16.5. The van der Waals surface area contributed by atoms with Gasteiger partial charge in [-0.25, -0.2) is 0 Å². The van der Waals surface area contributed by atoms with E-state index in [1.54, 1.807) is 14.0 Å². The van der Waals surface area contributed by atoms with Crippen LogP contribution < -0.4 is 10.1 Å². The van der Waals surface area contributed by atoms with Crippen LogP contribution in [0.2, 0.25) is 0 Å². The molecule has 0 radical (unpaired) electrons. The van der Waals surface area contributed by atoms with Crippen LogP contribution in [-0.2, 0) is 4.74 Å². The molecule has 1 aliphatic heterocycles. The molecule has 1 N–H and O–H groups in total. The van der Waals surface area contributed by atoms with Crippen LogP contribution in [-0.4, -0.2) is 37.4 Å². The van der Waals surface area contributed by atoms with Gasteiger partial charge in [-0.15, -0.1) is 0 Å². The van der Waals surface area contributed by atoms with Gasteiger partial charge in [0.05, 0.1) is 18.9 Å². The molecule has 0 bridgehead atoms. The molecule has 0 saturated carbocycles. The van der Waals surface area contributed by atoms with Gasteiger partial charge < -0.3 is 19.3 Å². The lowest BCUT2D eigenvalue weighted by atomic mass is 10.1. The maximum absolute atomic E-state index is 12.5. The van der Waals surface area contributed by atoms with E-state index in [2.05, 4.69) is 10.5 Å². The van der Waals surface area contributed by atoms with Gasteiger partial charge in [-0.2, -0.15) is 0 Å². The van der Waals surface area contributed by atoms with Crippen molar-refractivity contribution in [2.24, 2.45) is 0 Å². The Morgan fingerprint density at radius 1 is 1.39 bits per heavy atom. The number of amides is 1. The molecule has 6 nitrogen and oxygen atoms in total. The molecule has 1 amide bonds. The highest BCUT2D eigenvalue weighted by Crippen LogP contribution is 2.27. The Balaban J connectivity index is 1.78. The van der Waals surface area contributed by atoms with E-state index in [0.29, 0.717) is 23.6 Å². The van der Waals surface area contributed by atoms with Gasteiger partial charge in [0, 0.05) is 18.7 Å². The average molecular weight is 316 g/mol. The van der Waals surface area contributed by atoms with E-state index in [4.69, 9.17) is 14.0 Å². The number of aromatic nitrogens is 1. The Bertz CT molecular complexity index is 672. The van der Waals surface area contributed by atoms with Crippen LogP contribution in [0.1, 0.15) is 28.9 Å². The number of aryl methyl sites for hydroxylation is 1. The van der Waals surface area contributed by atoms with E-state index < -0.39 is 0 Å². The second-order valence-corrected chi connectivity index (χ2v) is 5.55. The number of hydrogen-bond acceptors (Lipinski definition) is 5. The smallest absolute Gasteiger partial charge is 0.257 e. The third-order valence-electron chi connectivity index (χ3n) is 3.96. The average Bonchev–Trinajstić information content (AvgIpc) is 3.22. The lowest BCUT2D eigenvalue weighted by molar-refractivity contribution is 0.0857. The molecule has 122 valence electrons. The number of ether oxygens (including phenoxy) is 2. The Hall–Kier alpha value is -2.34. The fourth-order valence-corrected chi connectivity index (χ4v) is 2.68. The summed E-state index contributed by atoms with van der Waals surface area (Å²) in [6, 6.07) is 7.33. The molecule has 2 aromatic rings. The molecule has 1 aromatic heterocycles. The molecule has 1 unspecified atom stereocenters. The Kier molecular flexibility index (Phi) is 4.62. The van der Waals surface area contributed by atoms with E-state index in [9.17, 15) is 4.79 Å². The SMILES string of the molecule is COc1ccc(-c2onc(C)c2C(=O)NCC2CCCO2)cc1. The maximum Gasteiger partial charge on any atom is 0.257 e. The molecular weight excluding hydrogens is 296 g/mol. The predicted octanol–water partition coefficient (Wildman–Crippen LogP) is 2.57. The molecule has 1 saturated heterocycles. The monoisotopic (exact) mass is 316 g/mol. The standard InChI is InChI=1S/C17H20N2O4/c1-11-15(17(20)18-10-14-4-3-9-22-14)16(23-19-11)12-5-7-13(21-2)8-6-12/h5-8,14H,3-4,9-10H2,1-2H3,(H,18,20). The topological polar surface area (TPSA) is 73.6 Å². The van der Waals surface area contributed by atoms with Crippen molar-refractivity contribution in [1.82, 2.24) is 10.5 Å². The van der Waals surface area contributed by atoms with Gasteiger partial charge in [-0.05, 0) is 44.0 Å². The first-order chi connectivity index (χ1) is 11.2. The number of hydrogen-bond donors (Lipinski definition) is 1. The minimum atomic E-state index is -0.190. The van der Waals surface area contributed by atoms with Crippen LogP contribution in [0, 0.1) is 6.92 Å². The van der Waals surface area contributed by atoms with Gasteiger partial charge in [-0.1, -0.05) is 5.16 Å². The zero-order valence-corrected chi connectivity index (χ0v) is 13.3. The first-order valence-corrected chi connectivity index (χ1v) is 7.69. The minimum absolute atomic E-state index is 0.101. The van der Waals surface area contributed by atoms with Gasteiger partial charge >= 0.3 is 0 Å². The van der Waals surface area contributed by atoms with Crippen LogP contribution in [0.25, 0.3) is 11.3 Å². The predicted molar refractivity (Wildman–Crippen MR) is 84.5 cm³/mol. The lowest BCUT2D eigenvalue weighted by Crippen LogP contribution is -2.32. The van der Waals surface area contributed by atoms with E-state index in [0.717, 1.165) is 30.8 Å². The van der Waals surface area contributed by atoms with Crippen molar-refractivity contribution in [1.29, 1.82) is 0 Å². The van der Waals surface area contributed by atoms with Crippen LogP contribution >= 0.6 is 0 Å². The number of benzene rings is 1. The highest BCUT2D eigenvalue weighted by molar-refractivity contribution is 6.00. The van der Waals surface area contributed by atoms with Crippen LogP contribution in [0.3, 0.4) is 0 Å². The molecule has 6 heteroatoms. The van der Waals surface area contributed by atoms with E-state index in [-0.39, 0.29) is 12.0 Å². The van der Waals surface area contributed by atoms with Gasteiger partial charge in [-0.3, -0.25) is 4.79 Å². The summed E-state index contributed by atoms with van der Waals surface area (Å²) in [6.45, 7) is 3.03. The van der Waals surface area contributed by atoms with Crippen molar-refractivity contribution in [3.8, 4) is 17.1 Å². The van der Waals surface area contributed by atoms with Crippen molar-refractivity contribution in [2.75, 3.05) is 20.3 Å². The largest absolute Gasteiger partial charge is 0.497 e. The number of nitrogens with one attached hydrogen (secondary N) is 1. The number of methoxy groups -OCH3 is 1. The molecule has 1 aromatic carbocycles. The maximum atomic E-state index is 12.5. The van der Waals surface area contributed by atoms with Gasteiger partial charge in [0.2, 0.25) is 0 Å². The van der Waals surface area contributed by atoms with E-state index in [1.165, 1.54) is 0 Å². The fourth-order valence-electron chi connectivity index (χ4n) is 2.68. The summed E-state index contributed by atoms with van der Waals surface area (Å²) in [4.78, 5) is 12.5. The molecule has 1 fully saturated rings. The summed E-state index contributed by atoms with van der Waals surface area (Å²) in [5, 5.41) is 6.85. The Labute approximate surface area is 134 Å². The van der Waals surface area contributed by atoms with E-state index in [1.807, 2.05) is 24.3 Å². The summed E-state index contributed by atoms with van der Waals surface area (Å²) < 4.78 is 16.0. The molecule has 1 aliphatic rings. The van der Waals surface area contributed by atoms with Gasteiger partial charge in [0.1, 0.15) is 11.3 Å². The molecule has 3 rings (SSSR count). The zero-order valence-electron chi connectivity index (χ0n) is 13.3. The molecular formula is C17H20N2O4. The van der Waals surface area contributed by atoms with Gasteiger partial charge in [0.15, 0.2) is 5.76 Å². The van der Waals surface area contributed by atoms with Crippen molar-refractivity contribution in [2.45, 2.75) is 25.9 Å². The second-order valence-electron chi connectivity index (χ2n) is 5.55. The van der Waals surface area contributed by atoms with E-state index >= 15 is 0 Å². The lowest BCUT2D eigenvalue weighted by Gasteiger charge is -2.11. The molecule has 2 heterocycles. The van der Waals surface area contributed by atoms with Crippen molar-refractivity contribution >= 4 is 5.91 Å². The molecule has 0 aliphatic carbocycles. The van der Waals surface area contributed by atoms with Gasteiger partial charge in [0.25, 0.3) is 5.91 Å². The number of carbonyl (C=O) groups excluding carboxylic acids is 1. The van der Waals surface area contributed by atoms with Crippen molar-refractivity contribution < 1.29 is 18.8 Å². The van der Waals surface area contributed by atoms with Crippen LogP contribution in [0.15, 0.2) is 28.8 Å². The quantitative estimate of drug-likeness (QED) is 0.917. The molecule has 1 atom stereocenters. The summed E-state index contributed by atoms with van der Waals surface area (Å²) in [5.41, 5.74) is 1.82. The summed E-state index contributed by atoms with van der Waals surface area (Å²) in [7, 11) is 1.61. The molecule has 23 heavy (non-hydrogen) atoms. The van der Waals surface area contributed by atoms with Crippen LogP contribution in [0.4, 0.5) is 0 Å². The first kappa shape index (κ1) is 15.6. The summed E-state index contributed by atoms with van der Waals surface area (Å²) in [6.07, 6.45) is 2.13. The van der Waals surface area contributed by atoms with Crippen LogP contribution in [0.5, 0.6) is 5.75 Å². The normalized spacial score (nSPS) is 17.2. The third kappa shape index (κ3) is 3.37. The number of carbonyl (C=O) groups is 1. The van der Waals surface area contributed by atoms with Crippen molar-refractivity contribution in [3.63, 3.8) is 0 Å². The number of rotatable bonds is 5. The highest BCUT2D eigenvalue weighted by Gasteiger charge is 2.23. The first-order valence-electron chi connectivity index (χ1n) is 7.69. The summed E-state index contributed by atoms with van der Waals surface area (Å²) in [5.74, 6) is 1.02. The molecule has 0 spiro atoms. The third-order valence-corrected chi connectivity index (χ3v) is 3.96. The minimum Gasteiger partial charge on any atom is -0.497 e. The second kappa shape index (κ2) is 6.83. The number of nitrogens with zero attached hydrogens (tertiary/aromatic N) is 1. The van der Waals surface area contributed by atoms with Crippen molar-refractivity contribution in [3.05, 3.63) is 35.5 Å².